The summed E-state index contributed by atoms with van der Waals surface area (Å²) in [6.45, 7) is 9.73. The largest absolute Gasteiger partial charge is 0.455 e. The first kappa shape index (κ1) is 36.3. The summed E-state index contributed by atoms with van der Waals surface area (Å²) in [5, 5.41) is 2.51. The molecule has 1 spiro atoms. The van der Waals surface area contributed by atoms with E-state index in [0.717, 1.165) is 34.7 Å². The third-order valence-electron chi connectivity index (χ3n) is 16.2. The molecule has 0 saturated heterocycles. The van der Waals surface area contributed by atoms with E-state index in [1.54, 1.807) is 0 Å². The molecule has 0 radical (unpaired) electrons. The standard InChI is InChI=1S/C58H55NO/c1-56(2)27-28-57(3,4)52-36-48(25-26-49(52)56)59(47-23-21-40(22-24-47)42-18-20-43-34-41(17-19-44(43)35-42)39-11-6-5-7-12-39)53-15-10-14-51-55(53)60-54-16-9-8-13-50(54)58(51)45-30-37-29-38(32-45)33-46(58)31-37/h5-26,34-38,45-46H,27-33H2,1-4H3. The predicted octanol–water partition coefficient (Wildman–Crippen LogP) is 15.8. The highest BCUT2D eigenvalue weighted by Crippen LogP contribution is 2.69. The van der Waals surface area contributed by atoms with Crippen LogP contribution >= 0.6 is 0 Å². The Morgan fingerprint density at radius 2 is 1.02 bits per heavy atom. The second kappa shape index (κ2) is 13.2. The van der Waals surface area contributed by atoms with Crippen LogP contribution in [0.25, 0.3) is 33.0 Å². The highest BCUT2D eigenvalue weighted by Gasteiger charge is 2.61. The van der Waals surface area contributed by atoms with Crippen molar-refractivity contribution < 1.29 is 4.74 Å². The Bertz CT molecular complexity index is 2780. The molecular weight excluding hydrogens is 727 g/mol. The molecule has 298 valence electrons. The van der Waals surface area contributed by atoms with Crippen molar-refractivity contribution in [1.82, 2.24) is 0 Å². The molecule has 0 unspecified atom stereocenters. The van der Waals surface area contributed by atoms with Crippen LogP contribution in [0.15, 0.2) is 152 Å². The van der Waals surface area contributed by atoms with E-state index in [0.29, 0.717) is 11.8 Å². The van der Waals surface area contributed by atoms with Crippen LogP contribution in [0, 0.1) is 23.7 Å². The van der Waals surface area contributed by atoms with Crippen LogP contribution in [0.3, 0.4) is 0 Å². The third-order valence-corrected chi connectivity index (χ3v) is 16.2. The lowest BCUT2D eigenvalue weighted by atomic mass is 9.42. The average molecular weight is 782 g/mol. The van der Waals surface area contributed by atoms with E-state index in [1.807, 2.05) is 0 Å². The molecule has 60 heavy (non-hydrogen) atoms. The molecule has 0 atom stereocenters. The Kier molecular flexibility index (Phi) is 7.98. The fraction of sp³-hybridized carbons (Fsp3) is 0.310. The van der Waals surface area contributed by atoms with Gasteiger partial charge in [0, 0.05) is 27.9 Å². The lowest BCUT2D eigenvalue weighted by molar-refractivity contribution is -0.0451. The summed E-state index contributed by atoms with van der Waals surface area (Å²) in [5.41, 5.74) is 14.4. The summed E-state index contributed by atoms with van der Waals surface area (Å²) >= 11 is 0. The second-order valence-corrected chi connectivity index (χ2v) is 20.4. The molecule has 0 aromatic heterocycles. The zero-order valence-corrected chi connectivity index (χ0v) is 35.5. The van der Waals surface area contributed by atoms with Crippen molar-refractivity contribution in [3.63, 3.8) is 0 Å². The topological polar surface area (TPSA) is 12.5 Å². The maximum atomic E-state index is 7.28. The van der Waals surface area contributed by atoms with Gasteiger partial charge in [-0.1, -0.05) is 131 Å². The fourth-order valence-corrected chi connectivity index (χ4v) is 13.3. The van der Waals surface area contributed by atoms with Crippen molar-refractivity contribution in [3.8, 4) is 33.8 Å². The van der Waals surface area contributed by atoms with Crippen molar-refractivity contribution in [2.24, 2.45) is 23.7 Å². The van der Waals surface area contributed by atoms with Gasteiger partial charge in [-0.2, -0.15) is 0 Å². The number of para-hydroxylation sites is 2. The average Bonchev–Trinajstić information content (AvgIpc) is 3.27. The van der Waals surface area contributed by atoms with E-state index in [-0.39, 0.29) is 16.2 Å². The molecular formula is C58H55NO. The summed E-state index contributed by atoms with van der Waals surface area (Å²) < 4.78 is 7.28. The van der Waals surface area contributed by atoms with Gasteiger partial charge in [0.2, 0.25) is 0 Å². The summed E-state index contributed by atoms with van der Waals surface area (Å²) in [6.07, 6.45) is 9.19. The Morgan fingerprint density at radius 1 is 0.450 bits per heavy atom. The zero-order chi connectivity index (χ0) is 40.4. The first-order valence-electron chi connectivity index (χ1n) is 22.7. The molecule has 2 heteroatoms. The van der Waals surface area contributed by atoms with Gasteiger partial charge in [0.1, 0.15) is 5.75 Å². The zero-order valence-electron chi connectivity index (χ0n) is 35.5. The molecule has 4 fully saturated rings. The van der Waals surface area contributed by atoms with Crippen LogP contribution in [0.1, 0.15) is 94.9 Å². The monoisotopic (exact) mass is 781 g/mol. The Balaban J connectivity index is 1.00. The number of anilines is 3. The molecule has 2 nitrogen and oxygen atoms in total. The van der Waals surface area contributed by atoms with Crippen molar-refractivity contribution in [2.45, 2.75) is 88.9 Å². The lowest BCUT2D eigenvalue weighted by Gasteiger charge is -2.63. The Hall–Kier alpha value is -5.60. The Labute approximate surface area is 356 Å². The number of fused-ring (bicyclic) bond motifs is 4. The smallest absolute Gasteiger partial charge is 0.155 e. The molecule has 6 aliphatic rings. The normalized spacial score (nSPS) is 25.0. The third kappa shape index (κ3) is 5.45. The van der Waals surface area contributed by atoms with Gasteiger partial charge in [-0.15, -0.1) is 0 Å². The molecule has 1 heterocycles. The van der Waals surface area contributed by atoms with Gasteiger partial charge >= 0.3 is 0 Å². The second-order valence-electron chi connectivity index (χ2n) is 20.4. The minimum atomic E-state index is -0.0110. The van der Waals surface area contributed by atoms with E-state index < -0.39 is 0 Å². The molecule has 4 saturated carbocycles. The summed E-state index contributed by atoms with van der Waals surface area (Å²) in [5.74, 6) is 5.17. The van der Waals surface area contributed by atoms with Gasteiger partial charge in [-0.25, -0.2) is 0 Å². The van der Waals surface area contributed by atoms with Gasteiger partial charge in [-0.3, -0.25) is 0 Å². The van der Waals surface area contributed by atoms with Crippen LogP contribution in [0.2, 0.25) is 0 Å². The van der Waals surface area contributed by atoms with Crippen LogP contribution in [-0.2, 0) is 16.2 Å². The number of ether oxygens (including phenoxy) is 1. The maximum absolute atomic E-state index is 7.28. The molecule has 13 rings (SSSR count). The summed E-state index contributed by atoms with van der Waals surface area (Å²) in [7, 11) is 0. The van der Waals surface area contributed by atoms with Crippen molar-refractivity contribution in [3.05, 3.63) is 174 Å². The van der Waals surface area contributed by atoms with E-state index in [4.69, 9.17) is 4.74 Å². The summed E-state index contributed by atoms with van der Waals surface area (Å²) in [4.78, 5) is 2.52. The molecule has 0 N–H and O–H groups in total. The molecule has 4 bridgehead atoms. The van der Waals surface area contributed by atoms with Crippen LogP contribution in [0.4, 0.5) is 17.1 Å². The maximum Gasteiger partial charge on any atom is 0.155 e. The van der Waals surface area contributed by atoms with Crippen LogP contribution in [-0.4, -0.2) is 0 Å². The van der Waals surface area contributed by atoms with Gasteiger partial charge in [-0.05, 0) is 172 Å². The van der Waals surface area contributed by atoms with Crippen LogP contribution in [0.5, 0.6) is 11.5 Å². The quantitative estimate of drug-likeness (QED) is 0.172. The number of rotatable bonds is 5. The predicted molar refractivity (Wildman–Crippen MR) is 249 cm³/mol. The first-order valence-corrected chi connectivity index (χ1v) is 22.7. The van der Waals surface area contributed by atoms with E-state index in [1.165, 1.54) is 106 Å². The van der Waals surface area contributed by atoms with Crippen molar-refractivity contribution in [2.75, 3.05) is 4.90 Å². The summed E-state index contributed by atoms with van der Waals surface area (Å²) in [6, 6.07) is 57.2. The van der Waals surface area contributed by atoms with E-state index in [9.17, 15) is 0 Å². The highest BCUT2D eigenvalue weighted by molar-refractivity contribution is 5.91. The number of benzene rings is 7. The Morgan fingerprint density at radius 3 is 1.70 bits per heavy atom. The first-order chi connectivity index (χ1) is 29.2. The molecule has 0 amide bonds. The minimum Gasteiger partial charge on any atom is -0.455 e. The number of nitrogens with zero attached hydrogens (tertiary/aromatic N) is 1. The highest BCUT2D eigenvalue weighted by atomic mass is 16.5. The number of hydrogen-bond acceptors (Lipinski definition) is 2. The van der Waals surface area contributed by atoms with Gasteiger partial charge in [0.25, 0.3) is 0 Å². The van der Waals surface area contributed by atoms with E-state index in [2.05, 4.69) is 184 Å². The molecule has 7 aromatic rings. The lowest BCUT2D eigenvalue weighted by Crippen LogP contribution is -2.57. The minimum absolute atomic E-state index is 0.0110. The van der Waals surface area contributed by atoms with Crippen molar-refractivity contribution >= 4 is 27.8 Å². The number of hydrogen-bond donors (Lipinski definition) is 0. The fourth-order valence-electron chi connectivity index (χ4n) is 13.3. The molecule has 5 aliphatic carbocycles. The van der Waals surface area contributed by atoms with Crippen molar-refractivity contribution in [1.29, 1.82) is 0 Å². The SMILES string of the molecule is CC1(C)CCC(C)(C)c2cc(N(c3ccc(-c4ccc5cc(-c6ccccc6)ccc5c4)cc3)c3cccc4c3Oc3ccccc3C43C4CC5CC(C4)CC3C5)ccc21. The van der Waals surface area contributed by atoms with Gasteiger partial charge in [0.15, 0.2) is 5.75 Å². The van der Waals surface area contributed by atoms with Gasteiger partial charge < -0.3 is 9.64 Å². The molecule has 7 aromatic carbocycles. The van der Waals surface area contributed by atoms with E-state index >= 15 is 0 Å². The van der Waals surface area contributed by atoms with Gasteiger partial charge in [0.05, 0.1) is 5.69 Å². The molecule has 1 aliphatic heterocycles. The van der Waals surface area contributed by atoms with Crippen LogP contribution < -0.4 is 9.64 Å².